The first-order chi connectivity index (χ1) is 8.20. The van der Waals surface area contributed by atoms with Gasteiger partial charge in [0.1, 0.15) is 11.3 Å². The second-order valence-electron chi connectivity index (χ2n) is 4.35. The molecule has 0 aliphatic heterocycles. The summed E-state index contributed by atoms with van der Waals surface area (Å²) in [6.45, 7) is 4.64. The molecule has 17 heavy (non-hydrogen) atoms. The zero-order valence-electron chi connectivity index (χ0n) is 10.3. The van der Waals surface area contributed by atoms with Crippen LogP contribution in [0.4, 0.5) is 0 Å². The first-order valence-electron chi connectivity index (χ1n) is 6.06. The van der Waals surface area contributed by atoms with Gasteiger partial charge < -0.3 is 14.9 Å². The van der Waals surface area contributed by atoms with E-state index in [0.717, 1.165) is 23.2 Å². The van der Waals surface area contributed by atoms with Crippen molar-refractivity contribution < 1.29 is 9.15 Å². The Morgan fingerprint density at radius 1 is 1.35 bits per heavy atom. The van der Waals surface area contributed by atoms with Gasteiger partial charge in [0, 0.05) is 5.39 Å². The molecule has 0 saturated carbocycles. The Kier molecular flexibility index (Phi) is 3.82. The van der Waals surface area contributed by atoms with Crippen molar-refractivity contribution in [1.29, 1.82) is 0 Å². The van der Waals surface area contributed by atoms with Crippen molar-refractivity contribution in [2.75, 3.05) is 6.61 Å². The maximum atomic E-state index is 6.04. The molecule has 0 bridgehead atoms. The number of rotatable bonds is 5. The fourth-order valence-electron chi connectivity index (χ4n) is 1.65. The molecule has 2 rings (SSSR count). The van der Waals surface area contributed by atoms with Gasteiger partial charge >= 0.3 is 0 Å². The van der Waals surface area contributed by atoms with Gasteiger partial charge in [-0.1, -0.05) is 25.1 Å². The molecule has 2 atom stereocenters. The topological polar surface area (TPSA) is 48.4 Å². The number of fused-ring (bicyclic) bond motifs is 1. The van der Waals surface area contributed by atoms with Gasteiger partial charge in [0.2, 0.25) is 0 Å². The van der Waals surface area contributed by atoms with Gasteiger partial charge in [0.05, 0.1) is 18.8 Å². The summed E-state index contributed by atoms with van der Waals surface area (Å²) in [5.41, 5.74) is 6.92. The summed E-state index contributed by atoms with van der Waals surface area (Å²) in [6.07, 6.45) is 1.23. The van der Waals surface area contributed by atoms with Gasteiger partial charge in [-0.3, -0.25) is 0 Å². The van der Waals surface area contributed by atoms with Crippen molar-refractivity contribution >= 4 is 11.0 Å². The highest BCUT2D eigenvalue weighted by Gasteiger charge is 2.13. The highest BCUT2D eigenvalue weighted by molar-refractivity contribution is 5.77. The third-order valence-electron chi connectivity index (χ3n) is 2.95. The van der Waals surface area contributed by atoms with Crippen LogP contribution in [0, 0.1) is 0 Å². The molecule has 0 radical (unpaired) electrons. The summed E-state index contributed by atoms with van der Waals surface area (Å²) >= 11 is 0. The summed E-state index contributed by atoms with van der Waals surface area (Å²) in [5.74, 6) is 0.787. The molecule has 0 fully saturated rings. The monoisotopic (exact) mass is 233 g/mol. The number of hydrogen-bond acceptors (Lipinski definition) is 3. The van der Waals surface area contributed by atoms with Crippen LogP contribution in [0.1, 0.15) is 32.1 Å². The fourth-order valence-corrected chi connectivity index (χ4v) is 1.65. The van der Waals surface area contributed by atoms with Gasteiger partial charge in [0.25, 0.3) is 0 Å². The molecule has 0 saturated heterocycles. The highest BCUT2D eigenvalue weighted by Crippen LogP contribution is 2.23. The molecular weight excluding hydrogens is 214 g/mol. The van der Waals surface area contributed by atoms with E-state index in [-0.39, 0.29) is 12.1 Å². The Balaban J connectivity index is 2.06. The van der Waals surface area contributed by atoms with Crippen LogP contribution in [-0.4, -0.2) is 12.7 Å². The van der Waals surface area contributed by atoms with Crippen LogP contribution in [0.5, 0.6) is 0 Å². The van der Waals surface area contributed by atoms with E-state index in [0.29, 0.717) is 6.61 Å². The number of para-hydroxylation sites is 1. The first kappa shape index (κ1) is 12.1. The average Bonchev–Trinajstić information content (AvgIpc) is 2.79. The Morgan fingerprint density at radius 3 is 2.82 bits per heavy atom. The predicted octanol–water partition coefficient (Wildman–Crippen LogP) is 3.25. The number of nitrogens with two attached hydrogens (primary N) is 1. The number of hydrogen-bond donors (Lipinski definition) is 1. The Morgan fingerprint density at radius 2 is 2.12 bits per heavy atom. The molecule has 0 spiro atoms. The lowest BCUT2D eigenvalue weighted by Gasteiger charge is -2.13. The van der Waals surface area contributed by atoms with Crippen molar-refractivity contribution in [1.82, 2.24) is 0 Å². The van der Waals surface area contributed by atoms with Crippen LogP contribution in [0.25, 0.3) is 11.0 Å². The van der Waals surface area contributed by atoms with E-state index < -0.39 is 0 Å². The zero-order valence-corrected chi connectivity index (χ0v) is 10.3. The van der Waals surface area contributed by atoms with E-state index in [1.807, 2.05) is 37.3 Å². The molecule has 3 nitrogen and oxygen atoms in total. The highest BCUT2D eigenvalue weighted by atomic mass is 16.5. The van der Waals surface area contributed by atoms with Crippen molar-refractivity contribution in [3.63, 3.8) is 0 Å². The van der Waals surface area contributed by atoms with E-state index in [1.165, 1.54) is 0 Å². The molecule has 0 aliphatic carbocycles. The van der Waals surface area contributed by atoms with E-state index in [9.17, 15) is 0 Å². The van der Waals surface area contributed by atoms with Crippen LogP contribution in [-0.2, 0) is 4.74 Å². The van der Waals surface area contributed by atoms with Crippen LogP contribution < -0.4 is 5.73 Å². The summed E-state index contributed by atoms with van der Waals surface area (Å²) in [6, 6.07) is 9.70. The largest absolute Gasteiger partial charge is 0.459 e. The molecule has 2 N–H and O–H groups in total. The van der Waals surface area contributed by atoms with E-state index in [2.05, 4.69) is 6.92 Å². The predicted molar refractivity (Wildman–Crippen MR) is 68.8 cm³/mol. The molecule has 0 aliphatic rings. The van der Waals surface area contributed by atoms with Crippen LogP contribution in [0.15, 0.2) is 34.7 Å². The second-order valence-corrected chi connectivity index (χ2v) is 4.35. The summed E-state index contributed by atoms with van der Waals surface area (Å²) < 4.78 is 11.3. The molecule has 92 valence electrons. The normalized spacial score (nSPS) is 15.0. The fraction of sp³-hybridized carbons (Fsp3) is 0.429. The van der Waals surface area contributed by atoms with Gasteiger partial charge in [-0.2, -0.15) is 0 Å². The maximum absolute atomic E-state index is 6.04. The molecule has 0 amide bonds. The van der Waals surface area contributed by atoms with E-state index in [4.69, 9.17) is 14.9 Å². The Labute approximate surface area is 102 Å². The minimum absolute atomic E-state index is 0.198. The number of furan rings is 1. The maximum Gasteiger partial charge on any atom is 0.134 e. The lowest BCUT2D eigenvalue weighted by Crippen LogP contribution is -2.20. The molecule has 1 aromatic carbocycles. The smallest absolute Gasteiger partial charge is 0.134 e. The Bertz CT molecular complexity index is 445. The van der Waals surface area contributed by atoms with Gasteiger partial charge in [0.15, 0.2) is 0 Å². The quantitative estimate of drug-likeness (QED) is 0.862. The minimum Gasteiger partial charge on any atom is -0.459 e. The number of ether oxygens (including phenoxy) is 1. The van der Waals surface area contributed by atoms with Crippen molar-refractivity contribution in [3.05, 3.63) is 36.1 Å². The lowest BCUT2D eigenvalue weighted by atomic mass is 10.2. The van der Waals surface area contributed by atoms with Crippen LogP contribution >= 0.6 is 0 Å². The van der Waals surface area contributed by atoms with Crippen LogP contribution in [0.2, 0.25) is 0 Å². The van der Waals surface area contributed by atoms with E-state index >= 15 is 0 Å². The third-order valence-corrected chi connectivity index (χ3v) is 2.95. The SMILES string of the molecule is CCC(C)OCC(N)c1cc2ccccc2o1. The molecule has 1 aromatic heterocycles. The average molecular weight is 233 g/mol. The molecule has 3 heteroatoms. The summed E-state index contributed by atoms with van der Waals surface area (Å²) in [5, 5.41) is 1.08. The minimum atomic E-state index is -0.198. The number of benzene rings is 1. The van der Waals surface area contributed by atoms with Crippen molar-refractivity contribution in [2.24, 2.45) is 5.73 Å². The summed E-state index contributed by atoms with van der Waals surface area (Å²) in [7, 11) is 0. The van der Waals surface area contributed by atoms with Crippen LogP contribution in [0.3, 0.4) is 0 Å². The molecule has 2 aromatic rings. The van der Waals surface area contributed by atoms with Gasteiger partial charge in [-0.25, -0.2) is 0 Å². The summed E-state index contributed by atoms with van der Waals surface area (Å²) in [4.78, 5) is 0. The zero-order chi connectivity index (χ0) is 12.3. The molecular formula is C14H19NO2. The standard InChI is InChI=1S/C14H19NO2/c1-3-10(2)16-9-12(15)14-8-11-6-4-5-7-13(11)17-14/h4-8,10,12H,3,9,15H2,1-2H3. The van der Waals surface area contributed by atoms with Gasteiger partial charge in [-0.15, -0.1) is 0 Å². The molecule has 1 heterocycles. The van der Waals surface area contributed by atoms with Crippen molar-refractivity contribution in [2.45, 2.75) is 32.4 Å². The van der Waals surface area contributed by atoms with Crippen molar-refractivity contribution in [3.8, 4) is 0 Å². The molecule has 2 unspecified atom stereocenters. The van der Waals surface area contributed by atoms with E-state index in [1.54, 1.807) is 0 Å². The second kappa shape index (κ2) is 5.34. The Hall–Kier alpha value is -1.32. The third kappa shape index (κ3) is 2.87. The first-order valence-corrected chi connectivity index (χ1v) is 6.06. The lowest BCUT2D eigenvalue weighted by molar-refractivity contribution is 0.0509. The van der Waals surface area contributed by atoms with Gasteiger partial charge in [-0.05, 0) is 25.5 Å².